The van der Waals surface area contributed by atoms with E-state index in [1.54, 1.807) is 6.07 Å². The Bertz CT molecular complexity index is 616. The predicted octanol–water partition coefficient (Wildman–Crippen LogP) is 3.48. The number of rotatable bonds is 4. The third-order valence-corrected chi connectivity index (χ3v) is 4.17. The molecule has 2 aromatic rings. The number of nitrogens with zero attached hydrogens (tertiary/aromatic N) is 2. The molecule has 0 saturated carbocycles. The lowest BCUT2D eigenvalue weighted by atomic mass is 10.0. The number of aliphatic imine (C=N–C) groups is 1. The lowest BCUT2D eigenvalue weighted by Gasteiger charge is -2.30. The molecule has 0 atom stereocenters. The Morgan fingerprint density at radius 1 is 1.00 bits per heavy atom. The van der Waals surface area contributed by atoms with Gasteiger partial charge in [0.15, 0.2) is 0 Å². The van der Waals surface area contributed by atoms with Gasteiger partial charge in [0, 0.05) is 31.4 Å². The SMILES string of the molecule is Oc1ccccc1C=NC1CCN(Cc2ccccc2)CC1. The number of benzene rings is 2. The van der Waals surface area contributed by atoms with E-state index < -0.39 is 0 Å². The second-order valence-electron chi connectivity index (χ2n) is 5.83. The van der Waals surface area contributed by atoms with Crippen LogP contribution < -0.4 is 0 Å². The Hall–Kier alpha value is -2.13. The lowest BCUT2D eigenvalue weighted by Crippen LogP contribution is -2.34. The Morgan fingerprint density at radius 3 is 2.41 bits per heavy atom. The van der Waals surface area contributed by atoms with E-state index in [0.29, 0.717) is 11.8 Å². The summed E-state index contributed by atoms with van der Waals surface area (Å²) in [6.07, 6.45) is 3.97. The molecule has 0 bridgehead atoms. The van der Waals surface area contributed by atoms with E-state index in [2.05, 4.69) is 40.2 Å². The van der Waals surface area contributed by atoms with Gasteiger partial charge in [-0.25, -0.2) is 0 Å². The number of para-hydroxylation sites is 1. The molecule has 0 radical (unpaired) electrons. The topological polar surface area (TPSA) is 35.8 Å². The van der Waals surface area contributed by atoms with Crippen LogP contribution in [-0.4, -0.2) is 35.4 Å². The second-order valence-corrected chi connectivity index (χ2v) is 5.83. The minimum absolute atomic E-state index is 0.299. The van der Waals surface area contributed by atoms with E-state index in [1.807, 2.05) is 24.4 Å². The van der Waals surface area contributed by atoms with E-state index >= 15 is 0 Å². The zero-order chi connectivity index (χ0) is 15.2. The second kappa shape index (κ2) is 7.23. The van der Waals surface area contributed by atoms with Crippen LogP contribution in [0.2, 0.25) is 0 Å². The van der Waals surface area contributed by atoms with Gasteiger partial charge in [-0.1, -0.05) is 42.5 Å². The van der Waals surface area contributed by atoms with Gasteiger partial charge in [-0.05, 0) is 30.5 Å². The summed E-state index contributed by atoms with van der Waals surface area (Å²) in [6.45, 7) is 3.19. The zero-order valence-electron chi connectivity index (χ0n) is 12.7. The minimum atomic E-state index is 0.299. The van der Waals surface area contributed by atoms with Gasteiger partial charge in [-0.3, -0.25) is 9.89 Å². The summed E-state index contributed by atoms with van der Waals surface area (Å²) in [4.78, 5) is 7.13. The molecule has 3 nitrogen and oxygen atoms in total. The van der Waals surface area contributed by atoms with Gasteiger partial charge >= 0.3 is 0 Å². The molecule has 2 aromatic carbocycles. The molecule has 0 spiro atoms. The van der Waals surface area contributed by atoms with Gasteiger partial charge in [-0.15, -0.1) is 0 Å². The van der Waals surface area contributed by atoms with Crippen molar-refractivity contribution < 1.29 is 5.11 Å². The van der Waals surface area contributed by atoms with Crippen LogP contribution in [0.15, 0.2) is 59.6 Å². The zero-order valence-corrected chi connectivity index (χ0v) is 12.7. The number of phenolic OH excluding ortho intramolecular Hbond substituents is 1. The summed E-state index contributed by atoms with van der Waals surface area (Å²) >= 11 is 0. The molecule has 1 aliphatic rings. The molecule has 22 heavy (non-hydrogen) atoms. The molecule has 1 N–H and O–H groups in total. The lowest BCUT2D eigenvalue weighted by molar-refractivity contribution is 0.206. The quantitative estimate of drug-likeness (QED) is 0.876. The number of phenols is 1. The van der Waals surface area contributed by atoms with Gasteiger partial charge in [-0.2, -0.15) is 0 Å². The Labute approximate surface area is 131 Å². The van der Waals surface area contributed by atoms with Crippen molar-refractivity contribution in [2.24, 2.45) is 4.99 Å². The monoisotopic (exact) mass is 294 g/mol. The summed E-state index contributed by atoms with van der Waals surface area (Å²) in [5.74, 6) is 0.299. The molecule has 0 unspecified atom stereocenters. The maximum Gasteiger partial charge on any atom is 0.124 e. The van der Waals surface area contributed by atoms with Crippen molar-refractivity contribution >= 4 is 6.21 Å². The molecule has 0 aromatic heterocycles. The first kappa shape index (κ1) is 14.8. The molecule has 1 saturated heterocycles. The molecular formula is C19H22N2O. The normalized spacial score (nSPS) is 17.1. The van der Waals surface area contributed by atoms with Crippen molar-refractivity contribution in [2.75, 3.05) is 13.1 Å². The van der Waals surface area contributed by atoms with Crippen molar-refractivity contribution in [2.45, 2.75) is 25.4 Å². The number of piperidine rings is 1. The number of hydrogen-bond donors (Lipinski definition) is 1. The molecule has 1 heterocycles. The fraction of sp³-hybridized carbons (Fsp3) is 0.316. The highest BCUT2D eigenvalue weighted by molar-refractivity contribution is 5.83. The highest BCUT2D eigenvalue weighted by Crippen LogP contribution is 2.18. The van der Waals surface area contributed by atoms with Gasteiger partial charge in [0.25, 0.3) is 0 Å². The van der Waals surface area contributed by atoms with E-state index in [0.717, 1.165) is 38.0 Å². The van der Waals surface area contributed by atoms with E-state index in [9.17, 15) is 5.11 Å². The summed E-state index contributed by atoms with van der Waals surface area (Å²) in [6, 6.07) is 18.3. The first-order valence-electron chi connectivity index (χ1n) is 7.89. The maximum atomic E-state index is 9.75. The van der Waals surface area contributed by atoms with Gasteiger partial charge in [0.05, 0.1) is 6.04 Å². The Kier molecular flexibility index (Phi) is 4.86. The highest BCUT2D eigenvalue weighted by atomic mass is 16.3. The van der Waals surface area contributed by atoms with Crippen LogP contribution in [-0.2, 0) is 6.54 Å². The standard InChI is InChI=1S/C19H22N2O/c22-19-9-5-4-8-17(19)14-20-18-10-12-21(13-11-18)15-16-6-2-1-3-7-16/h1-9,14,18,22H,10-13,15H2. The van der Waals surface area contributed by atoms with Crippen LogP contribution in [0, 0.1) is 0 Å². The molecule has 0 aliphatic carbocycles. The summed E-state index contributed by atoms with van der Waals surface area (Å²) in [5.41, 5.74) is 2.17. The van der Waals surface area contributed by atoms with Crippen LogP contribution in [0.1, 0.15) is 24.0 Å². The average molecular weight is 294 g/mol. The van der Waals surface area contributed by atoms with Crippen LogP contribution in [0.5, 0.6) is 5.75 Å². The molecule has 1 aliphatic heterocycles. The Morgan fingerprint density at radius 2 is 1.68 bits per heavy atom. The Balaban J connectivity index is 1.51. The fourth-order valence-electron chi connectivity index (χ4n) is 2.85. The first-order valence-corrected chi connectivity index (χ1v) is 7.89. The van der Waals surface area contributed by atoms with Gasteiger partial charge in [0.2, 0.25) is 0 Å². The van der Waals surface area contributed by atoms with Crippen molar-refractivity contribution in [3.63, 3.8) is 0 Å². The predicted molar refractivity (Wildman–Crippen MR) is 90.4 cm³/mol. The molecule has 3 heteroatoms. The average Bonchev–Trinajstić information content (AvgIpc) is 2.56. The van der Waals surface area contributed by atoms with Gasteiger partial charge < -0.3 is 5.11 Å². The maximum absolute atomic E-state index is 9.75. The molecule has 3 rings (SSSR count). The van der Waals surface area contributed by atoms with Crippen LogP contribution >= 0.6 is 0 Å². The number of aromatic hydroxyl groups is 1. The summed E-state index contributed by atoms with van der Waals surface area (Å²) in [7, 11) is 0. The van der Waals surface area contributed by atoms with Gasteiger partial charge in [0.1, 0.15) is 5.75 Å². The van der Waals surface area contributed by atoms with Crippen molar-refractivity contribution in [1.82, 2.24) is 4.90 Å². The van der Waals surface area contributed by atoms with Crippen molar-refractivity contribution in [3.8, 4) is 5.75 Å². The summed E-state index contributed by atoms with van der Waals surface area (Å²) in [5, 5.41) is 9.75. The molecule has 1 fully saturated rings. The van der Waals surface area contributed by atoms with Crippen molar-refractivity contribution in [1.29, 1.82) is 0 Å². The van der Waals surface area contributed by atoms with Crippen LogP contribution in [0.25, 0.3) is 0 Å². The molecular weight excluding hydrogens is 272 g/mol. The van der Waals surface area contributed by atoms with E-state index in [-0.39, 0.29) is 0 Å². The van der Waals surface area contributed by atoms with E-state index in [4.69, 9.17) is 0 Å². The van der Waals surface area contributed by atoms with Crippen LogP contribution in [0.4, 0.5) is 0 Å². The minimum Gasteiger partial charge on any atom is -0.507 e. The smallest absolute Gasteiger partial charge is 0.124 e. The van der Waals surface area contributed by atoms with E-state index in [1.165, 1.54) is 5.56 Å². The number of likely N-dealkylation sites (tertiary alicyclic amines) is 1. The highest BCUT2D eigenvalue weighted by Gasteiger charge is 2.18. The molecule has 0 amide bonds. The largest absolute Gasteiger partial charge is 0.507 e. The molecule has 114 valence electrons. The number of hydrogen-bond acceptors (Lipinski definition) is 3. The summed E-state index contributed by atoms with van der Waals surface area (Å²) < 4.78 is 0. The third kappa shape index (κ3) is 3.95. The van der Waals surface area contributed by atoms with Crippen LogP contribution in [0.3, 0.4) is 0 Å². The fourth-order valence-corrected chi connectivity index (χ4v) is 2.85. The third-order valence-electron chi connectivity index (χ3n) is 4.17. The first-order chi connectivity index (χ1) is 10.8. The van der Waals surface area contributed by atoms with Crippen molar-refractivity contribution in [3.05, 3.63) is 65.7 Å².